The van der Waals surface area contributed by atoms with E-state index in [1.807, 2.05) is 18.4 Å². The Morgan fingerprint density at radius 3 is 2.65 bits per heavy atom. The molecule has 1 aliphatic rings. The summed E-state index contributed by atoms with van der Waals surface area (Å²) in [4.78, 5) is 27.5. The number of fused-ring (bicyclic) bond motifs is 1. The third-order valence-electron chi connectivity index (χ3n) is 5.80. The Labute approximate surface area is 212 Å². The van der Waals surface area contributed by atoms with Gasteiger partial charge in [0.2, 0.25) is 5.91 Å². The molecule has 0 bridgehead atoms. The van der Waals surface area contributed by atoms with Crippen molar-refractivity contribution in [3.8, 4) is 0 Å². The zero-order valence-corrected chi connectivity index (χ0v) is 22.0. The van der Waals surface area contributed by atoms with Gasteiger partial charge in [0.05, 0.1) is 16.6 Å². The van der Waals surface area contributed by atoms with Gasteiger partial charge in [-0.15, -0.1) is 33.3 Å². The number of hydrogen-bond acceptors (Lipinski definition) is 7. The van der Waals surface area contributed by atoms with E-state index in [-0.39, 0.29) is 5.91 Å². The molecule has 0 saturated carbocycles. The summed E-state index contributed by atoms with van der Waals surface area (Å²) in [5.74, 6) is 0.933. The van der Waals surface area contributed by atoms with Crippen molar-refractivity contribution in [3.63, 3.8) is 0 Å². The molecule has 0 saturated heterocycles. The third-order valence-corrected chi connectivity index (χ3v) is 9.10. The lowest BCUT2D eigenvalue weighted by Gasteiger charge is -2.13. The van der Waals surface area contributed by atoms with Gasteiger partial charge in [-0.25, -0.2) is 0 Å². The zero-order chi connectivity index (χ0) is 24.2. The van der Waals surface area contributed by atoms with E-state index in [0.29, 0.717) is 21.5 Å². The van der Waals surface area contributed by atoms with Crippen molar-refractivity contribution in [3.05, 3.63) is 51.7 Å². The smallest absolute Gasteiger partial charge is 0.251 e. The number of thiophene rings is 1. The van der Waals surface area contributed by atoms with Crippen LogP contribution in [0.1, 0.15) is 58.9 Å². The minimum Gasteiger partial charge on any atom is -0.365 e. The fourth-order valence-corrected chi connectivity index (χ4v) is 7.02. The lowest BCUT2D eigenvalue weighted by Crippen LogP contribution is -2.24. The molecule has 1 aromatic carbocycles. The Morgan fingerprint density at radius 2 is 1.94 bits per heavy atom. The highest BCUT2D eigenvalue weighted by Gasteiger charge is 2.27. The van der Waals surface area contributed by atoms with Gasteiger partial charge in [-0.3, -0.25) is 9.59 Å². The topological polar surface area (TPSA) is 103 Å². The van der Waals surface area contributed by atoms with E-state index in [2.05, 4.69) is 46.7 Å². The number of carbonyl (C=O) groups excluding carboxylic acids is 2. The molecule has 3 aromatic rings. The van der Waals surface area contributed by atoms with E-state index >= 15 is 0 Å². The molecule has 0 aliphatic heterocycles. The molecule has 0 spiro atoms. The summed E-state index contributed by atoms with van der Waals surface area (Å²) < 4.78 is 2.05. The Bertz CT molecular complexity index is 1190. The average molecular weight is 516 g/mol. The molecule has 180 valence electrons. The first-order chi connectivity index (χ1) is 16.4. The molecule has 1 unspecified atom stereocenters. The molecule has 2 heterocycles. The van der Waals surface area contributed by atoms with Crippen LogP contribution in [-0.4, -0.2) is 31.8 Å². The number of amides is 2. The molecule has 34 heavy (non-hydrogen) atoms. The van der Waals surface area contributed by atoms with Gasteiger partial charge in [0.25, 0.3) is 5.91 Å². The van der Waals surface area contributed by atoms with E-state index in [4.69, 9.17) is 5.73 Å². The first kappa shape index (κ1) is 24.8. The Morgan fingerprint density at radius 1 is 1.21 bits per heavy atom. The minimum atomic E-state index is -0.476. The minimum absolute atomic E-state index is 0.174. The largest absolute Gasteiger partial charge is 0.365 e. The van der Waals surface area contributed by atoms with E-state index < -0.39 is 11.2 Å². The number of nitrogens with two attached hydrogens (primary N) is 1. The summed E-state index contributed by atoms with van der Waals surface area (Å²) in [5, 5.41) is 12.6. The number of rotatable bonds is 9. The van der Waals surface area contributed by atoms with Crippen LogP contribution in [0.4, 0.5) is 5.00 Å². The maximum absolute atomic E-state index is 13.0. The summed E-state index contributed by atoms with van der Waals surface area (Å²) in [6, 6.07) is 8.42. The molecular formula is C24H29N5O2S3. The number of carbonyl (C=O) groups is 2. The number of aromatic nitrogens is 3. The monoisotopic (exact) mass is 515 g/mol. The van der Waals surface area contributed by atoms with Crippen LogP contribution < -0.4 is 11.1 Å². The van der Waals surface area contributed by atoms with E-state index in [1.165, 1.54) is 33.6 Å². The highest BCUT2D eigenvalue weighted by atomic mass is 32.2. The average Bonchev–Trinajstić information content (AvgIpc) is 3.38. The SMILES string of the molecule is CCn1c(CSc2ccc(C)cc2)nnc1SC(C)C(=O)Nc1sc2c(c1C(N)=O)CCCC2. The second-order valence-corrected chi connectivity index (χ2v) is 11.7. The number of primary amides is 1. The quantitative estimate of drug-likeness (QED) is 0.386. The maximum Gasteiger partial charge on any atom is 0.251 e. The Balaban J connectivity index is 1.43. The number of anilines is 1. The maximum atomic E-state index is 13.0. The first-order valence-corrected chi connectivity index (χ1v) is 14.1. The summed E-state index contributed by atoms with van der Waals surface area (Å²) in [6.07, 6.45) is 3.92. The van der Waals surface area contributed by atoms with Gasteiger partial charge in [0.1, 0.15) is 10.8 Å². The van der Waals surface area contributed by atoms with Crippen LogP contribution in [0.3, 0.4) is 0 Å². The second kappa shape index (κ2) is 11.0. The van der Waals surface area contributed by atoms with Crippen LogP contribution in [0, 0.1) is 6.92 Å². The Kier molecular flexibility index (Phi) is 8.00. The van der Waals surface area contributed by atoms with Gasteiger partial charge in [-0.2, -0.15) is 0 Å². The predicted octanol–water partition coefficient (Wildman–Crippen LogP) is 5.06. The fourth-order valence-electron chi connectivity index (χ4n) is 3.95. The van der Waals surface area contributed by atoms with Crippen LogP contribution in [0.5, 0.6) is 0 Å². The summed E-state index contributed by atoms with van der Waals surface area (Å²) >= 11 is 4.57. The summed E-state index contributed by atoms with van der Waals surface area (Å²) in [7, 11) is 0. The highest BCUT2D eigenvalue weighted by molar-refractivity contribution is 8.00. The van der Waals surface area contributed by atoms with Gasteiger partial charge in [-0.05, 0) is 64.2 Å². The lowest BCUT2D eigenvalue weighted by molar-refractivity contribution is -0.115. The standard InChI is InChI=1S/C24H29N5O2S3/c1-4-29-19(13-32-16-11-9-14(2)10-12-16)27-28-24(29)33-15(3)22(31)26-23-20(21(25)30)17-7-5-6-8-18(17)34-23/h9-12,15H,4-8,13H2,1-3H3,(H2,25,30)(H,26,31). The summed E-state index contributed by atoms with van der Waals surface area (Å²) in [6.45, 7) is 6.68. The molecule has 0 radical (unpaired) electrons. The van der Waals surface area contributed by atoms with Crippen molar-refractivity contribution < 1.29 is 9.59 Å². The number of hydrogen-bond donors (Lipinski definition) is 2. The fraction of sp³-hybridized carbons (Fsp3) is 0.417. The van der Waals surface area contributed by atoms with Crippen LogP contribution in [-0.2, 0) is 29.9 Å². The van der Waals surface area contributed by atoms with Crippen molar-refractivity contribution in [1.82, 2.24) is 14.8 Å². The van der Waals surface area contributed by atoms with Crippen molar-refractivity contribution >= 4 is 51.7 Å². The molecule has 7 nitrogen and oxygen atoms in total. The number of nitrogens with zero attached hydrogens (tertiary/aromatic N) is 3. The Hall–Kier alpha value is -2.30. The zero-order valence-electron chi connectivity index (χ0n) is 19.6. The van der Waals surface area contributed by atoms with Gasteiger partial charge < -0.3 is 15.6 Å². The highest BCUT2D eigenvalue weighted by Crippen LogP contribution is 2.38. The van der Waals surface area contributed by atoms with Crippen molar-refractivity contribution in [2.75, 3.05) is 5.32 Å². The molecular weight excluding hydrogens is 486 g/mol. The molecule has 4 rings (SSSR count). The predicted molar refractivity (Wildman–Crippen MR) is 140 cm³/mol. The molecule has 2 aromatic heterocycles. The van der Waals surface area contributed by atoms with E-state index in [9.17, 15) is 9.59 Å². The summed E-state index contributed by atoms with van der Waals surface area (Å²) in [5.41, 5.74) is 8.40. The lowest BCUT2D eigenvalue weighted by atomic mass is 9.95. The number of benzene rings is 1. The van der Waals surface area contributed by atoms with Gasteiger partial charge in [0.15, 0.2) is 5.16 Å². The molecule has 3 N–H and O–H groups in total. The normalized spacial score (nSPS) is 14.0. The molecule has 10 heteroatoms. The molecule has 1 atom stereocenters. The second-order valence-electron chi connectivity index (χ2n) is 8.27. The molecule has 0 fully saturated rings. The van der Waals surface area contributed by atoms with Gasteiger partial charge >= 0.3 is 0 Å². The van der Waals surface area contributed by atoms with Crippen LogP contribution >= 0.6 is 34.9 Å². The third kappa shape index (κ3) is 5.50. The van der Waals surface area contributed by atoms with Crippen LogP contribution in [0.2, 0.25) is 0 Å². The first-order valence-electron chi connectivity index (χ1n) is 11.4. The van der Waals surface area contributed by atoms with Gasteiger partial charge in [-0.1, -0.05) is 29.5 Å². The number of aryl methyl sites for hydroxylation is 2. The van der Waals surface area contributed by atoms with E-state index in [1.54, 1.807) is 11.8 Å². The van der Waals surface area contributed by atoms with Crippen LogP contribution in [0.25, 0.3) is 0 Å². The van der Waals surface area contributed by atoms with E-state index in [0.717, 1.165) is 48.5 Å². The molecule has 1 aliphatic carbocycles. The van der Waals surface area contributed by atoms with Crippen LogP contribution in [0.15, 0.2) is 34.3 Å². The number of thioether (sulfide) groups is 2. The van der Waals surface area contributed by atoms with Crippen molar-refractivity contribution in [2.24, 2.45) is 5.73 Å². The number of nitrogens with one attached hydrogen (secondary N) is 1. The molecule has 2 amide bonds. The van der Waals surface area contributed by atoms with Crippen molar-refractivity contribution in [1.29, 1.82) is 0 Å². The van der Waals surface area contributed by atoms with Crippen molar-refractivity contribution in [2.45, 2.75) is 74.1 Å². The van der Waals surface area contributed by atoms with Gasteiger partial charge in [0, 0.05) is 16.3 Å².